The van der Waals surface area contributed by atoms with Crippen molar-refractivity contribution >= 4 is 16.9 Å². The molecule has 1 aliphatic heterocycles. The van der Waals surface area contributed by atoms with Crippen LogP contribution in [0.1, 0.15) is 27.7 Å². The molecule has 1 N–H and O–H groups in total. The van der Waals surface area contributed by atoms with E-state index in [1.807, 2.05) is 13.8 Å². The highest BCUT2D eigenvalue weighted by Gasteiger charge is 2.32. The Bertz CT molecular complexity index is 237. The fourth-order valence-corrected chi connectivity index (χ4v) is 2.06. The van der Waals surface area contributed by atoms with Crippen molar-refractivity contribution in [2.45, 2.75) is 51.0 Å². The summed E-state index contributed by atoms with van der Waals surface area (Å²) in [6.07, 6.45) is 0. The molecule has 0 aromatic carbocycles. The molecule has 0 aromatic rings. The van der Waals surface area contributed by atoms with Gasteiger partial charge in [-0.15, -0.1) is 0 Å². The maximum Gasteiger partial charge on any atom is 0.264 e. The summed E-state index contributed by atoms with van der Waals surface area (Å²) >= 11 is 1.52. The second-order valence-corrected chi connectivity index (χ2v) is 5.19. The monoisotopic (exact) mass is 222 g/mol. The molecule has 1 heterocycles. The van der Waals surface area contributed by atoms with E-state index in [4.69, 9.17) is 0 Å². The number of rotatable bonds is 2. The van der Waals surface area contributed by atoms with Crippen molar-refractivity contribution in [2.75, 3.05) is 0 Å². The van der Waals surface area contributed by atoms with Crippen LogP contribution in [0.15, 0.2) is 4.99 Å². The Hall–Kier alpha value is -0.320. The summed E-state index contributed by atoms with van der Waals surface area (Å²) in [7, 11) is 0. The topological polar surface area (TPSA) is 24.4 Å². The molecule has 3 unspecified atom stereocenters. The third-order valence-corrected chi connectivity index (χ3v) is 3.61. The first-order valence-electron chi connectivity index (χ1n) is 4.69. The average molecular weight is 222 g/mol. The number of nitrogens with one attached hydrogen (secondary N) is 1. The van der Waals surface area contributed by atoms with Crippen LogP contribution in [0.3, 0.4) is 0 Å². The molecule has 0 aliphatic carbocycles. The number of thioether (sulfide) groups is 1. The standard InChI is InChI=1S/C9H16F2N2S/c1-5-6(2)14-8(12-5)13-7(3)9(4,10)11/h5-7H,1-4H3,(H,12,13). The highest BCUT2D eigenvalue weighted by atomic mass is 32.2. The minimum absolute atomic E-state index is 0.208. The van der Waals surface area contributed by atoms with E-state index >= 15 is 0 Å². The average Bonchev–Trinajstić information content (AvgIpc) is 2.29. The Morgan fingerprint density at radius 2 is 2.07 bits per heavy atom. The Balaban J connectivity index is 2.51. The SMILES string of the molecule is CC1N=C(NC(C)C(C)(F)F)SC1C. The molecular formula is C9H16F2N2S. The summed E-state index contributed by atoms with van der Waals surface area (Å²) in [6, 6.07) is -0.661. The Morgan fingerprint density at radius 1 is 1.50 bits per heavy atom. The van der Waals surface area contributed by atoms with Crippen LogP contribution in [0.5, 0.6) is 0 Å². The largest absolute Gasteiger partial charge is 0.356 e. The minimum Gasteiger partial charge on any atom is -0.356 e. The predicted molar refractivity (Wildman–Crippen MR) is 57.2 cm³/mol. The Morgan fingerprint density at radius 3 is 2.43 bits per heavy atom. The van der Waals surface area contributed by atoms with Gasteiger partial charge < -0.3 is 5.32 Å². The van der Waals surface area contributed by atoms with Crippen molar-refractivity contribution in [1.82, 2.24) is 5.32 Å². The Labute approximate surface area is 87.6 Å². The number of hydrogen-bond donors (Lipinski definition) is 1. The highest BCUT2D eigenvalue weighted by molar-refractivity contribution is 8.14. The zero-order chi connectivity index (χ0) is 10.9. The van der Waals surface area contributed by atoms with Gasteiger partial charge in [0.1, 0.15) is 0 Å². The molecule has 3 atom stereocenters. The second-order valence-electron chi connectivity index (χ2n) is 3.82. The number of amidine groups is 1. The summed E-state index contributed by atoms with van der Waals surface area (Å²) in [6.45, 7) is 6.41. The van der Waals surface area contributed by atoms with E-state index in [9.17, 15) is 8.78 Å². The molecule has 0 aromatic heterocycles. The number of aliphatic imine (C=N–C) groups is 1. The summed E-state index contributed by atoms with van der Waals surface area (Å²) in [5.41, 5.74) is 0. The van der Waals surface area contributed by atoms with E-state index < -0.39 is 12.0 Å². The van der Waals surface area contributed by atoms with Gasteiger partial charge in [-0.1, -0.05) is 18.7 Å². The summed E-state index contributed by atoms with van der Waals surface area (Å²) in [5.74, 6) is -2.71. The van der Waals surface area contributed by atoms with Crippen LogP contribution >= 0.6 is 11.8 Å². The zero-order valence-electron chi connectivity index (χ0n) is 8.84. The highest BCUT2D eigenvalue weighted by Crippen LogP contribution is 2.26. The van der Waals surface area contributed by atoms with Crippen LogP contribution in [0.2, 0.25) is 0 Å². The second kappa shape index (κ2) is 4.04. The van der Waals surface area contributed by atoms with Crippen molar-refractivity contribution in [1.29, 1.82) is 0 Å². The van der Waals surface area contributed by atoms with Crippen LogP contribution in [0.4, 0.5) is 8.78 Å². The normalized spacial score (nSPS) is 30.0. The Kier molecular flexibility index (Phi) is 3.40. The van der Waals surface area contributed by atoms with E-state index in [-0.39, 0.29) is 6.04 Å². The molecule has 5 heteroatoms. The lowest BCUT2D eigenvalue weighted by atomic mass is 10.2. The first-order valence-corrected chi connectivity index (χ1v) is 5.57. The molecule has 0 radical (unpaired) electrons. The van der Waals surface area contributed by atoms with Gasteiger partial charge in [0.25, 0.3) is 5.92 Å². The van der Waals surface area contributed by atoms with Gasteiger partial charge in [-0.05, 0) is 13.8 Å². The van der Waals surface area contributed by atoms with Crippen LogP contribution in [0, 0.1) is 0 Å². The van der Waals surface area contributed by atoms with Crippen molar-refractivity contribution in [3.05, 3.63) is 0 Å². The lowest BCUT2D eigenvalue weighted by Crippen LogP contribution is -2.42. The van der Waals surface area contributed by atoms with E-state index in [1.54, 1.807) is 0 Å². The molecule has 0 saturated carbocycles. The smallest absolute Gasteiger partial charge is 0.264 e. The van der Waals surface area contributed by atoms with Gasteiger partial charge in [0.15, 0.2) is 5.17 Å². The summed E-state index contributed by atoms with van der Waals surface area (Å²) in [4.78, 5) is 4.26. The fourth-order valence-electron chi connectivity index (χ4n) is 0.978. The van der Waals surface area contributed by atoms with Crippen molar-refractivity contribution in [3.8, 4) is 0 Å². The van der Waals surface area contributed by atoms with Crippen molar-refractivity contribution in [3.63, 3.8) is 0 Å². The van der Waals surface area contributed by atoms with Gasteiger partial charge >= 0.3 is 0 Å². The van der Waals surface area contributed by atoms with Gasteiger partial charge in [-0.2, -0.15) is 0 Å². The molecule has 1 rings (SSSR count). The lowest BCUT2D eigenvalue weighted by Gasteiger charge is -2.21. The maximum atomic E-state index is 12.8. The molecule has 1 aliphatic rings. The van der Waals surface area contributed by atoms with E-state index in [0.29, 0.717) is 10.4 Å². The third kappa shape index (κ3) is 2.83. The summed E-state index contributed by atoms with van der Waals surface area (Å²) < 4.78 is 25.7. The van der Waals surface area contributed by atoms with E-state index in [1.165, 1.54) is 18.7 Å². The van der Waals surface area contributed by atoms with Crippen LogP contribution in [-0.2, 0) is 0 Å². The third-order valence-electron chi connectivity index (χ3n) is 2.40. The van der Waals surface area contributed by atoms with Crippen LogP contribution < -0.4 is 5.32 Å². The summed E-state index contributed by atoms with van der Waals surface area (Å²) in [5, 5.41) is 3.75. The zero-order valence-corrected chi connectivity index (χ0v) is 9.66. The first kappa shape index (κ1) is 11.8. The van der Waals surface area contributed by atoms with Gasteiger partial charge in [-0.3, -0.25) is 4.99 Å². The number of hydrogen-bond acceptors (Lipinski definition) is 3. The van der Waals surface area contributed by atoms with Crippen LogP contribution in [0.25, 0.3) is 0 Å². The predicted octanol–water partition coefficient (Wildman–Crippen LogP) is 2.50. The molecule has 2 nitrogen and oxygen atoms in total. The number of alkyl halides is 2. The molecule has 0 bridgehead atoms. The van der Waals surface area contributed by atoms with Crippen molar-refractivity contribution < 1.29 is 8.78 Å². The van der Waals surface area contributed by atoms with E-state index in [0.717, 1.165) is 6.92 Å². The molecule has 0 saturated heterocycles. The number of halogens is 2. The first-order chi connectivity index (χ1) is 6.30. The molecule has 0 spiro atoms. The van der Waals surface area contributed by atoms with Crippen LogP contribution in [-0.4, -0.2) is 28.4 Å². The minimum atomic E-state index is -2.71. The van der Waals surface area contributed by atoms with Crippen molar-refractivity contribution in [2.24, 2.45) is 4.99 Å². The lowest BCUT2D eigenvalue weighted by molar-refractivity contribution is -0.00573. The van der Waals surface area contributed by atoms with Gasteiger partial charge in [0.05, 0.1) is 12.1 Å². The molecule has 14 heavy (non-hydrogen) atoms. The van der Waals surface area contributed by atoms with Gasteiger partial charge in [0, 0.05) is 12.2 Å². The molecule has 82 valence electrons. The molecule has 0 fully saturated rings. The number of nitrogens with zero attached hydrogens (tertiary/aromatic N) is 1. The van der Waals surface area contributed by atoms with E-state index in [2.05, 4.69) is 10.3 Å². The fraction of sp³-hybridized carbons (Fsp3) is 0.889. The molecule has 0 amide bonds. The maximum absolute atomic E-state index is 12.8. The quantitative estimate of drug-likeness (QED) is 0.776. The van der Waals surface area contributed by atoms with Gasteiger partial charge in [-0.25, -0.2) is 8.78 Å². The molecular weight excluding hydrogens is 206 g/mol. The van der Waals surface area contributed by atoms with Gasteiger partial charge in [0.2, 0.25) is 0 Å².